The van der Waals surface area contributed by atoms with E-state index >= 15 is 0 Å². The Bertz CT molecular complexity index is 475. The summed E-state index contributed by atoms with van der Waals surface area (Å²) in [4.78, 5) is 2.26. The zero-order valence-corrected chi connectivity index (χ0v) is 15.2. The average Bonchev–Trinajstić information content (AvgIpc) is 2.98. The Morgan fingerprint density at radius 2 is 1.87 bits per heavy atom. The summed E-state index contributed by atoms with van der Waals surface area (Å²) in [6, 6.07) is 8.22. The number of hydrogen-bond acceptors (Lipinski definition) is 3. The fourth-order valence-electron chi connectivity index (χ4n) is 3.59. The molecule has 23 heavy (non-hydrogen) atoms. The van der Waals surface area contributed by atoms with Crippen LogP contribution in [0, 0.1) is 5.41 Å². The maximum absolute atomic E-state index is 10.3. The molecule has 0 spiro atoms. The summed E-state index contributed by atoms with van der Waals surface area (Å²) in [7, 11) is 2.10. The number of nitrogens with zero attached hydrogens (tertiary/aromatic N) is 1. The molecule has 130 valence electrons. The molecule has 0 radical (unpaired) electrons. The highest BCUT2D eigenvalue weighted by molar-refractivity contribution is 5.36. The topological polar surface area (TPSA) is 32.7 Å². The second-order valence-corrected chi connectivity index (χ2v) is 8.18. The molecule has 0 bridgehead atoms. The van der Waals surface area contributed by atoms with Crippen LogP contribution in [0.15, 0.2) is 24.3 Å². The lowest BCUT2D eigenvalue weighted by Gasteiger charge is -2.27. The van der Waals surface area contributed by atoms with Crippen molar-refractivity contribution in [2.75, 3.05) is 20.1 Å². The number of hydrogen-bond donors (Lipinski definition) is 1. The van der Waals surface area contributed by atoms with Crippen LogP contribution in [-0.2, 0) is 0 Å². The van der Waals surface area contributed by atoms with Crippen molar-refractivity contribution in [2.45, 2.75) is 65.1 Å². The standard InChI is InChI=1S/C20H33NO2/c1-20(2,3)15-21(4)14-13-19(22)23-18-12-8-7-11-17(18)16-9-5-6-10-16/h7-8,11-12,16,19,22H,5-6,9-10,13-15H2,1-4H3. The Labute approximate surface area is 141 Å². The van der Waals surface area contributed by atoms with E-state index in [1.54, 1.807) is 0 Å². The van der Waals surface area contributed by atoms with Crippen LogP contribution < -0.4 is 4.74 Å². The monoisotopic (exact) mass is 319 g/mol. The van der Waals surface area contributed by atoms with E-state index in [-0.39, 0.29) is 5.41 Å². The third kappa shape index (κ3) is 6.15. The van der Waals surface area contributed by atoms with E-state index in [1.165, 1.54) is 31.2 Å². The first-order valence-corrected chi connectivity index (χ1v) is 8.97. The van der Waals surface area contributed by atoms with Gasteiger partial charge in [-0.05, 0) is 42.9 Å². The van der Waals surface area contributed by atoms with Gasteiger partial charge in [-0.2, -0.15) is 0 Å². The van der Waals surface area contributed by atoms with Gasteiger partial charge >= 0.3 is 0 Å². The van der Waals surface area contributed by atoms with Gasteiger partial charge in [0.05, 0.1) is 0 Å². The molecule has 1 aromatic carbocycles. The molecule has 0 aliphatic heterocycles. The van der Waals surface area contributed by atoms with Gasteiger partial charge in [0.15, 0.2) is 6.29 Å². The molecule has 0 amide bonds. The molecule has 3 nitrogen and oxygen atoms in total. The molecule has 1 atom stereocenters. The number of aliphatic hydroxyl groups is 1. The molecule has 0 heterocycles. The van der Waals surface area contributed by atoms with Gasteiger partial charge < -0.3 is 14.7 Å². The van der Waals surface area contributed by atoms with E-state index in [0.29, 0.717) is 12.3 Å². The van der Waals surface area contributed by atoms with Crippen molar-refractivity contribution in [2.24, 2.45) is 5.41 Å². The van der Waals surface area contributed by atoms with Crippen molar-refractivity contribution in [3.8, 4) is 5.75 Å². The van der Waals surface area contributed by atoms with Crippen LogP contribution in [0.25, 0.3) is 0 Å². The Kier molecular flexibility index (Phi) is 6.49. The molecule has 1 aliphatic rings. The second kappa shape index (κ2) is 8.16. The number of para-hydroxylation sites is 1. The van der Waals surface area contributed by atoms with E-state index in [0.717, 1.165) is 18.8 Å². The Morgan fingerprint density at radius 3 is 2.52 bits per heavy atom. The largest absolute Gasteiger partial charge is 0.465 e. The second-order valence-electron chi connectivity index (χ2n) is 8.18. The quantitative estimate of drug-likeness (QED) is 0.756. The molecule has 1 unspecified atom stereocenters. The lowest BCUT2D eigenvalue weighted by molar-refractivity contribution is -0.0297. The fourth-order valence-corrected chi connectivity index (χ4v) is 3.59. The van der Waals surface area contributed by atoms with Crippen LogP contribution in [0.4, 0.5) is 0 Å². The first kappa shape index (κ1) is 18.3. The van der Waals surface area contributed by atoms with Crippen LogP contribution in [-0.4, -0.2) is 36.4 Å². The average molecular weight is 319 g/mol. The van der Waals surface area contributed by atoms with E-state index in [9.17, 15) is 5.11 Å². The van der Waals surface area contributed by atoms with Crippen LogP contribution in [0.1, 0.15) is 64.4 Å². The maximum Gasteiger partial charge on any atom is 0.198 e. The molecule has 2 rings (SSSR count). The van der Waals surface area contributed by atoms with Crippen molar-refractivity contribution < 1.29 is 9.84 Å². The first-order chi connectivity index (χ1) is 10.8. The number of rotatable bonds is 7. The molecule has 1 fully saturated rings. The van der Waals surface area contributed by atoms with Crippen LogP contribution in [0.5, 0.6) is 5.75 Å². The van der Waals surface area contributed by atoms with Gasteiger partial charge in [-0.25, -0.2) is 0 Å². The SMILES string of the molecule is CN(CCC(O)Oc1ccccc1C1CCCC1)CC(C)(C)C. The van der Waals surface area contributed by atoms with Crippen LogP contribution >= 0.6 is 0 Å². The highest BCUT2D eigenvalue weighted by Gasteiger charge is 2.21. The number of ether oxygens (including phenoxy) is 1. The van der Waals surface area contributed by atoms with Gasteiger partial charge in [0.25, 0.3) is 0 Å². The van der Waals surface area contributed by atoms with E-state index in [4.69, 9.17) is 4.74 Å². The van der Waals surface area contributed by atoms with Gasteiger partial charge in [0.2, 0.25) is 0 Å². The molecule has 1 aromatic rings. The summed E-state index contributed by atoms with van der Waals surface area (Å²) in [5, 5.41) is 10.3. The van der Waals surface area contributed by atoms with Gasteiger partial charge in [0, 0.05) is 19.5 Å². The predicted octanol–water partition coefficient (Wildman–Crippen LogP) is 4.41. The van der Waals surface area contributed by atoms with E-state index < -0.39 is 6.29 Å². The summed E-state index contributed by atoms with van der Waals surface area (Å²) < 4.78 is 5.87. The maximum atomic E-state index is 10.3. The third-order valence-electron chi connectivity index (χ3n) is 4.48. The molecule has 3 heteroatoms. The minimum Gasteiger partial charge on any atom is -0.465 e. The Morgan fingerprint density at radius 1 is 1.22 bits per heavy atom. The summed E-state index contributed by atoms with van der Waals surface area (Å²) in [5.41, 5.74) is 1.54. The van der Waals surface area contributed by atoms with Gasteiger partial charge in [-0.15, -0.1) is 0 Å². The number of aliphatic hydroxyl groups excluding tert-OH is 1. The Hall–Kier alpha value is -1.06. The number of benzene rings is 1. The predicted molar refractivity (Wildman–Crippen MR) is 95.9 cm³/mol. The van der Waals surface area contributed by atoms with Gasteiger partial charge in [-0.3, -0.25) is 0 Å². The van der Waals surface area contributed by atoms with Crippen LogP contribution in [0.2, 0.25) is 0 Å². The van der Waals surface area contributed by atoms with Crippen LogP contribution in [0.3, 0.4) is 0 Å². The van der Waals surface area contributed by atoms with E-state index in [2.05, 4.69) is 44.9 Å². The van der Waals surface area contributed by atoms with Gasteiger partial charge in [-0.1, -0.05) is 51.8 Å². The summed E-state index contributed by atoms with van der Waals surface area (Å²) >= 11 is 0. The smallest absolute Gasteiger partial charge is 0.198 e. The van der Waals surface area contributed by atoms with Crippen molar-refractivity contribution in [1.82, 2.24) is 4.90 Å². The lowest BCUT2D eigenvalue weighted by Crippen LogP contribution is -2.32. The zero-order valence-electron chi connectivity index (χ0n) is 15.2. The summed E-state index contributed by atoms with van der Waals surface area (Å²) in [5.74, 6) is 1.47. The first-order valence-electron chi connectivity index (χ1n) is 8.97. The highest BCUT2D eigenvalue weighted by atomic mass is 16.6. The van der Waals surface area contributed by atoms with E-state index in [1.807, 2.05) is 12.1 Å². The summed E-state index contributed by atoms with van der Waals surface area (Å²) in [6.45, 7) is 8.54. The molecule has 0 saturated heterocycles. The van der Waals surface area contributed by atoms with Crippen molar-refractivity contribution in [3.05, 3.63) is 29.8 Å². The molecule has 0 aromatic heterocycles. The van der Waals surface area contributed by atoms with Gasteiger partial charge in [0.1, 0.15) is 5.75 Å². The molecule has 1 saturated carbocycles. The Balaban J connectivity index is 1.86. The summed E-state index contributed by atoms with van der Waals surface area (Å²) in [6.07, 6.45) is 4.99. The lowest BCUT2D eigenvalue weighted by atomic mass is 9.96. The fraction of sp³-hybridized carbons (Fsp3) is 0.700. The highest BCUT2D eigenvalue weighted by Crippen LogP contribution is 2.38. The molecule has 1 N–H and O–H groups in total. The van der Waals surface area contributed by atoms with Crippen molar-refractivity contribution in [1.29, 1.82) is 0 Å². The van der Waals surface area contributed by atoms with Crippen molar-refractivity contribution in [3.63, 3.8) is 0 Å². The minimum atomic E-state index is -0.736. The minimum absolute atomic E-state index is 0.273. The molecular formula is C20H33NO2. The normalized spacial score (nSPS) is 17.7. The van der Waals surface area contributed by atoms with Crippen molar-refractivity contribution >= 4 is 0 Å². The third-order valence-corrected chi connectivity index (χ3v) is 4.48. The molecule has 1 aliphatic carbocycles. The molecular weight excluding hydrogens is 286 g/mol. The zero-order chi connectivity index (χ0) is 16.9.